The molecule has 0 aromatic carbocycles. The van der Waals surface area contributed by atoms with E-state index in [2.05, 4.69) is 13.8 Å². The Bertz CT molecular complexity index is 495. The van der Waals surface area contributed by atoms with Crippen LogP contribution < -0.4 is 0 Å². The Labute approximate surface area is 257 Å². The normalized spacial score (nSPS) is 12.2. The van der Waals surface area contributed by atoms with Gasteiger partial charge >= 0.3 is 5.97 Å². The van der Waals surface area contributed by atoms with Crippen LogP contribution in [0.4, 0.5) is 0 Å². The van der Waals surface area contributed by atoms with Crippen molar-refractivity contribution in [2.75, 3.05) is 19.8 Å². The van der Waals surface area contributed by atoms with Gasteiger partial charge in [-0.25, -0.2) is 0 Å². The summed E-state index contributed by atoms with van der Waals surface area (Å²) in [5.41, 5.74) is 0. The van der Waals surface area contributed by atoms with Gasteiger partial charge in [0.05, 0.1) is 13.2 Å². The number of hydrogen-bond donors (Lipinski definition) is 1. The van der Waals surface area contributed by atoms with E-state index in [9.17, 15) is 9.90 Å². The lowest BCUT2D eigenvalue weighted by Crippen LogP contribution is -2.27. The largest absolute Gasteiger partial charge is 0.457 e. The number of rotatable bonds is 35. The number of carbonyl (C=O) groups excluding carboxylic acids is 1. The Balaban J connectivity index is 3.31. The molecule has 0 radical (unpaired) electrons. The first-order chi connectivity index (χ1) is 20.2. The van der Waals surface area contributed by atoms with E-state index < -0.39 is 6.10 Å². The van der Waals surface area contributed by atoms with Gasteiger partial charge in [0.1, 0.15) is 6.10 Å². The SMILES string of the molecule is CCCCCCCCCCCCCCCCCCCCCCCCC(=O)OC(CO)COCCCCCCCCC. The molecular weight excluding hydrogens is 508 g/mol. The Morgan fingerprint density at radius 3 is 1.15 bits per heavy atom. The maximum Gasteiger partial charge on any atom is 0.306 e. The fourth-order valence-electron chi connectivity index (χ4n) is 5.62. The number of hydrogen-bond acceptors (Lipinski definition) is 4. The molecule has 0 spiro atoms. The molecule has 1 N–H and O–H groups in total. The van der Waals surface area contributed by atoms with E-state index in [-0.39, 0.29) is 12.6 Å². The maximum absolute atomic E-state index is 12.1. The molecule has 0 amide bonds. The quantitative estimate of drug-likeness (QED) is 0.0596. The summed E-state index contributed by atoms with van der Waals surface area (Å²) < 4.78 is 11.0. The van der Waals surface area contributed by atoms with Gasteiger partial charge < -0.3 is 14.6 Å². The summed E-state index contributed by atoms with van der Waals surface area (Å²) in [4.78, 5) is 12.1. The highest BCUT2D eigenvalue weighted by Gasteiger charge is 2.13. The van der Waals surface area contributed by atoms with Crippen LogP contribution >= 0.6 is 0 Å². The fourth-order valence-corrected chi connectivity index (χ4v) is 5.62. The van der Waals surface area contributed by atoms with Gasteiger partial charge in [0.25, 0.3) is 0 Å². The third-order valence-electron chi connectivity index (χ3n) is 8.43. The molecule has 0 bridgehead atoms. The van der Waals surface area contributed by atoms with Crippen molar-refractivity contribution < 1.29 is 19.4 Å². The number of carbonyl (C=O) groups is 1. The third kappa shape index (κ3) is 33.8. The summed E-state index contributed by atoms with van der Waals surface area (Å²) in [6.07, 6.45) is 38.7. The van der Waals surface area contributed by atoms with Crippen molar-refractivity contribution in [1.29, 1.82) is 0 Å². The molecule has 0 aliphatic carbocycles. The zero-order chi connectivity index (χ0) is 29.9. The predicted octanol–water partition coefficient (Wildman–Crippen LogP) is 11.6. The summed E-state index contributed by atoms with van der Waals surface area (Å²) in [6, 6.07) is 0. The smallest absolute Gasteiger partial charge is 0.306 e. The van der Waals surface area contributed by atoms with Crippen LogP contribution in [0.15, 0.2) is 0 Å². The van der Waals surface area contributed by atoms with Crippen LogP contribution in [0, 0.1) is 0 Å². The summed E-state index contributed by atoms with van der Waals surface area (Å²) >= 11 is 0. The van der Waals surface area contributed by atoms with E-state index in [1.54, 1.807) is 0 Å². The van der Waals surface area contributed by atoms with Crippen LogP contribution in [0.1, 0.15) is 206 Å². The third-order valence-corrected chi connectivity index (χ3v) is 8.43. The highest BCUT2D eigenvalue weighted by atomic mass is 16.6. The summed E-state index contributed by atoms with van der Waals surface area (Å²) in [5, 5.41) is 9.49. The van der Waals surface area contributed by atoms with Crippen LogP contribution in [0.2, 0.25) is 0 Å². The monoisotopic (exact) mass is 583 g/mol. The minimum absolute atomic E-state index is 0.165. The minimum Gasteiger partial charge on any atom is -0.457 e. The zero-order valence-corrected chi connectivity index (χ0v) is 28.1. The first kappa shape index (κ1) is 40.4. The first-order valence-corrected chi connectivity index (χ1v) is 18.6. The molecule has 0 aromatic heterocycles. The molecule has 0 aliphatic rings. The summed E-state index contributed by atoms with van der Waals surface area (Å²) in [5.74, 6) is -0.197. The molecule has 0 aromatic rings. The van der Waals surface area contributed by atoms with Gasteiger partial charge in [0, 0.05) is 13.0 Å². The standard InChI is InChI=1S/C37H74O4/c1-3-5-7-9-11-12-13-14-15-16-17-18-19-20-21-22-23-24-25-26-28-30-32-37(39)41-36(34-38)35-40-33-31-29-27-10-8-6-4-2/h36,38H,3-35H2,1-2H3. The maximum atomic E-state index is 12.1. The molecule has 1 unspecified atom stereocenters. The lowest BCUT2D eigenvalue weighted by Gasteiger charge is -2.15. The van der Waals surface area contributed by atoms with E-state index in [0.29, 0.717) is 19.6 Å². The molecular formula is C37H74O4. The number of ether oxygens (including phenoxy) is 2. The fraction of sp³-hybridized carbons (Fsp3) is 0.973. The van der Waals surface area contributed by atoms with E-state index in [1.807, 2.05) is 0 Å². The first-order valence-electron chi connectivity index (χ1n) is 18.6. The Kier molecular flexibility index (Phi) is 35.1. The summed E-state index contributed by atoms with van der Waals surface area (Å²) in [7, 11) is 0. The molecule has 0 saturated carbocycles. The minimum atomic E-state index is -0.522. The van der Waals surface area contributed by atoms with Gasteiger partial charge in [-0.15, -0.1) is 0 Å². The van der Waals surface area contributed by atoms with E-state index >= 15 is 0 Å². The molecule has 0 fully saturated rings. The van der Waals surface area contributed by atoms with Crippen molar-refractivity contribution in [1.82, 2.24) is 0 Å². The van der Waals surface area contributed by atoms with E-state index in [0.717, 1.165) is 19.3 Å². The molecule has 4 heteroatoms. The van der Waals surface area contributed by atoms with E-state index in [1.165, 1.54) is 167 Å². The van der Waals surface area contributed by atoms with Crippen molar-refractivity contribution in [3.8, 4) is 0 Å². The average Bonchev–Trinajstić information content (AvgIpc) is 2.98. The van der Waals surface area contributed by atoms with Gasteiger partial charge in [-0.2, -0.15) is 0 Å². The molecule has 1 atom stereocenters. The second-order valence-corrected chi connectivity index (χ2v) is 12.7. The van der Waals surface area contributed by atoms with Gasteiger partial charge in [-0.1, -0.05) is 187 Å². The molecule has 246 valence electrons. The average molecular weight is 583 g/mol. The van der Waals surface area contributed by atoms with Gasteiger partial charge in [-0.3, -0.25) is 4.79 Å². The van der Waals surface area contributed by atoms with Crippen LogP contribution in [-0.2, 0) is 14.3 Å². The Hall–Kier alpha value is -0.610. The van der Waals surface area contributed by atoms with E-state index in [4.69, 9.17) is 9.47 Å². The summed E-state index contributed by atoms with van der Waals surface area (Å²) in [6.45, 7) is 5.35. The van der Waals surface area contributed by atoms with Crippen LogP contribution in [0.25, 0.3) is 0 Å². The highest BCUT2D eigenvalue weighted by Crippen LogP contribution is 2.16. The molecule has 41 heavy (non-hydrogen) atoms. The Morgan fingerprint density at radius 2 is 0.805 bits per heavy atom. The van der Waals surface area contributed by atoms with Gasteiger partial charge in [0.2, 0.25) is 0 Å². The van der Waals surface area contributed by atoms with Crippen molar-refractivity contribution in [2.24, 2.45) is 0 Å². The lowest BCUT2D eigenvalue weighted by molar-refractivity contribution is -0.154. The number of unbranched alkanes of at least 4 members (excludes halogenated alkanes) is 27. The Morgan fingerprint density at radius 1 is 0.488 bits per heavy atom. The molecule has 0 rings (SSSR count). The van der Waals surface area contributed by atoms with Crippen molar-refractivity contribution >= 4 is 5.97 Å². The van der Waals surface area contributed by atoms with Crippen molar-refractivity contribution in [2.45, 2.75) is 213 Å². The van der Waals surface area contributed by atoms with Crippen molar-refractivity contribution in [3.05, 3.63) is 0 Å². The highest BCUT2D eigenvalue weighted by molar-refractivity contribution is 5.69. The number of esters is 1. The number of aliphatic hydroxyl groups excluding tert-OH is 1. The topological polar surface area (TPSA) is 55.8 Å². The van der Waals surface area contributed by atoms with Crippen LogP contribution in [0.3, 0.4) is 0 Å². The number of aliphatic hydroxyl groups is 1. The second-order valence-electron chi connectivity index (χ2n) is 12.7. The molecule has 4 nitrogen and oxygen atoms in total. The predicted molar refractivity (Wildman–Crippen MR) is 178 cm³/mol. The van der Waals surface area contributed by atoms with Crippen molar-refractivity contribution in [3.63, 3.8) is 0 Å². The van der Waals surface area contributed by atoms with Crippen LogP contribution in [-0.4, -0.2) is 37.0 Å². The second kappa shape index (κ2) is 35.6. The molecule has 0 heterocycles. The van der Waals surface area contributed by atoms with Gasteiger partial charge in [-0.05, 0) is 12.8 Å². The van der Waals surface area contributed by atoms with Gasteiger partial charge in [0.15, 0.2) is 0 Å². The zero-order valence-electron chi connectivity index (χ0n) is 28.1. The van der Waals surface area contributed by atoms with Crippen LogP contribution in [0.5, 0.6) is 0 Å². The molecule has 0 aliphatic heterocycles. The lowest BCUT2D eigenvalue weighted by atomic mass is 10.0. The molecule has 0 saturated heterocycles.